The van der Waals surface area contributed by atoms with E-state index in [9.17, 15) is 0 Å². The van der Waals surface area contributed by atoms with Crippen molar-refractivity contribution >= 4 is 0 Å². The maximum Gasteiger partial charge on any atom is 0.0599 e. The molecule has 2 fully saturated rings. The molecule has 0 amide bonds. The molecule has 1 unspecified atom stereocenters. The third-order valence-corrected chi connectivity index (χ3v) is 4.83. The van der Waals surface area contributed by atoms with Gasteiger partial charge in [0.15, 0.2) is 0 Å². The summed E-state index contributed by atoms with van der Waals surface area (Å²) < 4.78 is 5.74. The average Bonchev–Trinajstić information content (AvgIpc) is 2.95. The van der Waals surface area contributed by atoms with Gasteiger partial charge < -0.3 is 15.0 Å². The summed E-state index contributed by atoms with van der Waals surface area (Å²) in [6, 6.07) is 0.719. The molecular weight excluding hydrogens is 236 g/mol. The van der Waals surface area contributed by atoms with Crippen LogP contribution in [0.1, 0.15) is 52.4 Å². The van der Waals surface area contributed by atoms with Crippen LogP contribution >= 0.6 is 0 Å². The number of hydrogen-bond acceptors (Lipinski definition) is 3. The van der Waals surface area contributed by atoms with Gasteiger partial charge in [-0.05, 0) is 45.1 Å². The number of nitrogens with zero attached hydrogens (tertiary/aromatic N) is 1. The van der Waals surface area contributed by atoms with Crippen LogP contribution in [-0.2, 0) is 4.74 Å². The number of nitrogens with one attached hydrogen (secondary N) is 1. The zero-order valence-electron chi connectivity index (χ0n) is 12.9. The van der Waals surface area contributed by atoms with Gasteiger partial charge in [0.1, 0.15) is 0 Å². The quantitative estimate of drug-likeness (QED) is 0.768. The molecule has 1 N–H and O–H groups in total. The van der Waals surface area contributed by atoms with Gasteiger partial charge in [0.05, 0.1) is 6.10 Å². The summed E-state index contributed by atoms with van der Waals surface area (Å²) in [5.41, 5.74) is 0. The van der Waals surface area contributed by atoms with Crippen LogP contribution in [0.15, 0.2) is 0 Å². The first kappa shape index (κ1) is 15.3. The van der Waals surface area contributed by atoms with Gasteiger partial charge in [-0.25, -0.2) is 0 Å². The van der Waals surface area contributed by atoms with Crippen molar-refractivity contribution in [3.63, 3.8) is 0 Å². The van der Waals surface area contributed by atoms with E-state index in [0.717, 1.165) is 25.1 Å². The highest BCUT2D eigenvalue weighted by atomic mass is 16.5. The van der Waals surface area contributed by atoms with Gasteiger partial charge in [-0.3, -0.25) is 0 Å². The summed E-state index contributed by atoms with van der Waals surface area (Å²) in [5.74, 6) is 0.921. The van der Waals surface area contributed by atoms with Gasteiger partial charge in [-0.1, -0.05) is 19.8 Å². The van der Waals surface area contributed by atoms with E-state index < -0.39 is 0 Å². The van der Waals surface area contributed by atoms with Gasteiger partial charge in [0.2, 0.25) is 0 Å². The van der Waals surface area contributed by atoms with Crippen LogP contribution in [0.25, 0.3) is 0 Å². The van der Waals surface area contributed by atoms with Crippen LogP contribution < -0.4 is 5.32 Å². The lowest BCUT2D eigenvalue weighted by atomic mass is 9.96. The molecule has 19 heavy (non-hydrogen) atoms. The zero-order chi connectivity index (χ0) is 13.5. The summed E-state index contributed by atoms with van der Waals surface area (Å²) in [4.78, 5) is 2.65. The fourth-order valence-electron chi connectivity index (χ4n) is 3.77. The van der Waals surface area contributed by atoms with Crippen LogP contribution in [-0.4, -0.2) is 49.8 Å². The molecule has 1 aliphatic heterocycles. The van der Waals surface area contributed by atoms with Gasteiger partial charge in [-0.15, -0.1) is 0 Å². The highest BCUT2D eigenvalue weighted by molar-refractivity contribution is 4.84. The molecule has 1 saturated heterocycles. The molecule has 0 aromatic heterocycles. The van der Waals surface area contributed by atoms with Gasteiger partial charge >= 0.3 is 0 Å². The summed E-state index contributed by atoms with van der Waals surface area (Å²) in [5, 5.41) is 3.74. The molecule has 0 radical (unpaired) electrons. The molecule has 1 atom stereocenters. The van der Waals surface area contributed by atoms with Crippen LogP contribution in [0.3, 0.4) is 0 Å². The summed E-state index contributed by atoms with van der Waals surface area (Å²) in [6.45, 7) is 10.0. The zero-order valence-corrected chi connectivity index (χ0v) is 12.9. The van der Waals surface area contributed by atoms with Crippen molar-refractivity contribution in [1.82, 2.24) is 10.2 Å². The lowest BCUT2D eigenvalue weighted by Gasteiger charge is -2.36. The van der Waals surface area contributed by atoms with Gasteiger partial charge in [0, 0.05) is 32.3 Å². The first-order chi connectivity index (χ1) is 9.33. The SMILES string of the molecule is CCNC(CN1CCC(OCC)CC1)C1CCCC1. The lowest BCUT2D eigenvalue weighted by Crippen LogP contribution is -2.48. The van der Waals surface area contributed by atoms with E-state index in [1.807, 2.05) is 0 Å². The number of likely N-dealkylation sites (tertiary alicyclic amines) is 1. The number of piperidine rings is 1. The molecule has 1 aliphatic carbocycles. The van der Waals surface area contributed by atoms with Crippen molar-refractivity contribution in [2.24, 2.45) is 5.92 Å². The first-order valence-corrected chi connectivity index (χ1v) is 8.40. The normalized spacial score (nSPS) is 24.9. The lowest BCUT2D eigenvalue weighted by molar-refractivity contribution is 0.0110. The standard InChI is InChI=1S/C16H32N2O/c1-3-17-16(14-7-5-6-8-14)13-18-11-9-15(10-12-18)19-4-2/h14-17H,3-13H2,1-2H3. The van der Waals surface area contributed by atoms with E-state index in [4.69, 9.17) is 4.74 Å². The summed E-state index contributed by atoms with van der Waals surface area (Å²) in [7, 11) is 0. The van der Waals surface area contributed by atoms with Crippen LogP contribution in [0.2, 0.25) is 0 Å². The first-order valence-electron chi connectivity index (χ1n) is 8.40. The van der Waals surface area contributed by atoms with Gasteiger partial charge in [-0.2, -0.15) is 0 Å². The predicted octanol–water partition coefficient (Wildman–Crippen LogP) is 2.66. The second kappa shape index (κ2) is 8.23. The van der Waals surface area contributed by atoms with Crippen molar-refractivity contribution in [3.05, 3.63) is 0 Å². The third kappa shape index (κ3) is 4.73. The fourth-order valence-corrected chi connectivity index (χ4v) is 3.77. The Morgan fingerprint density at radius 2 is 1.79 bits per heavy atom. The Hall–Kier alpha value is -0.120. The van der Waals surface area contributed by atoms with Crippen molar-refractivity contribution in [2.45, 2.75) is 64.5 Å². The molecule has 0 aromatic carbocycles. The molecule has 0 bridgehead atoms. The minimum atomic E-state index is 0.519. The second-order valence-corrected chi connectivity index (χ2v) is 6.16. The Bertz CT molecular complexity index is 233. The Morgan fingerprint density at radius 1 is 1.11 bits per heavy atom. The smallest absolute Gasteiger partial charge is 0.0599 e. The van der Waals surface area contributed by atoms with Crippen molar-refractivity contribution in [1.29, 1.82) is 0 Å². The minimum absolute atomic E-state index is 0.519. The Kier molecular flexibility index (Phi) is 6.62. The average molecular weight is 268 g/mol. The maximum atomic E-state index is 5.74. The summed E-state index contributed by atoms with van der Waals surface area (Å²) in [6.07, 6.45) is 8.72. The summed E-state index contributed by atoms with van der Waals surface area (Å²) >= 11 is 0. The number of rotatable bonds is 7. The van der Waals surface area contributed by atoms with Crippen molar-refractivity contribution in [2.75, 3.05) is 32.8 Å². The highest BCUT2D eigenvalue weighted by Crippen LogP contribution is 2.28. The van der Waals surface area contributed by atoms with E-state index in [2.05, 4.69) is 24.1 Å². The predicted molar refractivity (Wildman–Crippen MR) is 80.5 cm³/mol. The molecule has 0 aromatic rings. The highest BCUT2D eigenvalue weighted by Gasteiger charge is 2.27. The van der Waals surface area contributed by atoms with Crippen LogP contribution in [0.5, 0.6) is 0 Å². The van der Waals surface area contributed by atoms with Crippen LogP contribution in [0.4, 0.5) is 0 Å². The van der Waals surface area contributed by atoms with E-state index >= 15 is 0 Å². The van der Waals surface area contributed by atoms with E-state index in [0.29, 0.717) is 6.10 Å². The molecule has 2 rings (SSSR count). The molecule has 3 nitrogen and oxygen atoms in total. The molecule has 3 heteroatoms. The molecule has 1 saturated carbocycles. The fraction of sp³-hybridized carbons (Fsp3) is 1.00. The number of ether oxygens (including phenoxy) is 1. The maximum absolute atomic E-state index is 5.74. The van der Waals surface area contributed by atoms with E-state index in [1.54, 1.807) is 0 Å². The Labute approximate surface area is 119 Å². The molecule has 0 spiro atoms. The topological polar surface area (TPSA) is 24.5 Å². The molecule has 1 heterocycles. The number of hydrogen-bond donors (Lipinski definition) is 1. The monoisotopic (exact) mass is 268 g/mol. The molecular formula is C16H32N2O. The van der Waals surface area contributed by atoms with E-state index in [-0.39, 0.29) is 0 Å². The second-order valence-electron chi connectivity index (χ2n) is 6.16. The molecule has 112 valence electrons. The largest absolute Gasteiger partial charge is 0.378 e. The van der Waals surface area contributed by atoms with Gasteiger partial charge in [0.25, 0.3) is 0 Å². The Balaban J connectivity index is 1.75. The third-order valence-electron chi connectivity index (χ3n) is 4.83. The van der Waals surface area contributed by atoms with Crippen molar-refractivity contribution < 1.29 is 4.74 Å². The van der Waals surface area contributed by atoms with Crippen LogP contribution in [0, 0.1) is 5.92 Å². The molecule has 2 aliphatic rings. The minimum Gasteiger partial charge on any atom is -0.378 e. The van der Waals surface area contributed by atoms with E-state index in [1.165, 1.54) is 58.2 Å². The Morgan fingerprint density at radius 3 is 2.37 bits per heavy atom. The van der Waals surface area contributed by atoms with Crippen molar-refractivity contribution in [3.8, 4) is 0 Å². The number of likely N-dealkylation sites (N-methyl/N-ethyl adjacent to an activating group) is 1.